The van der Waals surface area contributed by atoms with Crippen molar-refractivity contribution in [1.82, 2.24) is 5.43 Å². The molecule has 0 saturated heterocycles. The number of hydrazone groups is 1. The second-order valence-corrected chi connectivity index (χ2v) is 5.08. The molecule has 0 aromatic heterocycles. The van der Waals surface area contributed by atoms with Gasteiger partial charge in [0, 0.05) is 11.6 Å². The van der Waals surface area contributed by atoms with Gasteiger partial charge in [0.1, 0.15) is 17.2 Å². The summed E-state index contributed by atoms with van der Waals surface area (Å²) in [4.78, 5) is 0. The van der Waals surface area contributed by atoms with E-state index in [-0.39, 0.29) is 0 Å². The van der Waals surface area contributed by atoms with Crippen LogP contribution < -0.4 is 25.0 Å². The van der Waals surface area contributed by atoms with E-state index in [0.29, 0.717) is 22.4 Å². The monoisotopic (exact) mass is 345 g/mol. The summed E-state index contributed by atoms with van der Waals surface area (Å²) in [6.07, 6.45) is 1.63. The van der Waals surface area contributed by atoms with Gasteiger partial charge in [-0.2, -0.15) is 5.10 Å². The Labute approximate surface area is 146 Å². The molecule has 0 heterocycles. The zero-order chi connectivity index (χ0) is 17.4. The van der Waals surface area contributed by atoms with Crippen LogP contribution in [0.5, 0.6) is 17.2 Å². The zero-order valence-corrected chi connectivity index (χ0v) is 14.5. The smallest absolute Gasteiger partial charge is 0.191 e. The van der Waals surface area contributed by atoms with Crippen molar-refractivity contribution in [3.05, 3.63) is 48.0 Å². The van der Waals surface area contributed by atoms with Crippen molar-refractivity contribution in [1.29, 1.82) is 0 Å². The Kier molecular flexibility index (Phi) is 6.39. The number of hydrogen-bond acceptors (Lipinski definition) is 5. The number of rotatable bonds is 6. The first kappa shape index (κ1) is 17.6. The lowest BCUT2D eigenvalue weighted by Gasteiger charge is -2.10. The zero-order valence-electron chi connectivity index (χ0n) is 13.7. The third kappa shape index (κ3) is 4.85. The van der Waals surface area contributed by atoms with Crippen LogP contribution in [0.3, 0.4) is 0 Å². The summed E-state index contributed by atoms with van der Waals surface area (Å²) < 4.78 is 15.7. The van der Waals surface area contributed by atoms with Crippen molar-refractivity contribution < 1.29 is 14.2 Å². The van der Waals surface area contributed by atoms with Crippen LogP contribution in [0.15, 0.2) is 47.6 Å². The summed E-state index contributed by atoms with van der Waals surface area (Å²) in [5.74, 6) is 2.07. The van der Waals surface area contributed by atoms with Gasteiger partial charge in [-0.3, -0.25) is 5.43 Å². The molecule has 0 spiro atoms. The number of thiocarbonyl (C=S) groups is 1. The highest BCUT2D eigenvalue weighted by Gasteiger charge is 2.03. The Bertz CT molecular complexity index is 713. The lowest BCUT2D eigenvalue weighted by molar-refractivity contribution is 0.394. The van der Waals surface area contributed by atoms with Gasteiger partial charge in [-0.1, -0.05) is 12.1 Å². The van der Waals surface area contributed by atoms with Crippen LogP contribution in [0.25, 0.3) is 0 Å². The molecule has 2 rings (SSSR count). The van der Waals surface area contributed by atoms with E-state index in [1.165, 1.54) is 0 Å². The van der Waals surface area contributed by atoms with Gasteiger partial charge in [-0.15, -0.1) is 0 Å². The number of nitrogens with zero attached hydrogens (tertiary/aromatic N) is 1. The molecule has 0 radical (unpaired) electrons. The molecule has 0 atom stereocenters. The summed E-state index contributed by atoms with van der Waals surface area (Å²) in [5, 5.41) is 7.49. The maximum Gasteiger partial charge on any atom is 0.191 e. The standard InChI is InChI=1S/C17H19N3O3S/c1-21-13-8-12(9-14(10-13)22-2)11-18-20-17(24)19-15-6-4-5-7-16(15)23-3/h4-11H,1-3H3,(H2,19,20,24). The molecule has 2 aromatic carbocycles. The van der Waals surface area contributed by atoms with Crippen LogP contribution in [0.1, 0.15) is 5.56 Å². The van der Waals surface area contributed by atoms with E-state index in [9.17, 15) is 0 Å². The van der Waals surface area contributed by atoms with Gasteiger partial charge in [-0.25, -0.2) is 0 Å². The first-order valence-electron chi connectivity index (χ1n) is 7.12. The quantitative estimate of drug-likeness (QED) is 0.477. The molecule has 0 amide bonds. The van der Waals surface area contributed by atoms with Crippen molar-refractivity contribution in [3.63, 3.8) is 0 Å². The third-order valence-corrected chi connectivity index (χ3v) is 3.30. The van der Waals surface area contributed by atoms with E-state index >= 15 is 0 Å². The minimum Gasteiger partial charge on any atom is -0.497 e. The maximum atomic E-state index is 5.25. The normalized spacial score (nSPS) is 10.3. The highest BCUT2D eigenvalue weighted by Crippen LogP contribution is 2.23. The van der Waals surface area contributed by atoms with E-state index in [0.717, 1.165) is 11.3 Å². The Morgan fingerprint density at radius 1 is 1.00 bits per heavy atom. The average molecular weight is 345 g/mol. The lowest BCUT2D eigenvalue weighted by Crippen LogP contribution is -2.24. The van der Waals surface area contributed by atoms with Gasteiger partial charge in [-0.05, 0) is 36.5 Å². The summed E-state index contributed by atoms with van der Waals surface area (Å²) in [5.41, 5.74) is 4.34. The summed E-state index contributed by atoms with van der Waals surface area (Å²) in [6, 6.07) is 12.9. The molecule has 6 nitrogen and oxygen atoms in total. The van der Waals surface area contributed by atoms with E-state index in [4.69, 9.17) is 26.4 Å². The second-order valence-electron chi connectivity index (χ2n) is 4.67. The number of ether oxygens (including phenoxy) is 3. The lowest BCUT2D eigenvalue weighted by atomic mass is 10.2. The minimum atomic E-state index is 0.352. The maximum absolute atomic E-state index is 5.25. The highest BCUT2D eigenvalue weighted by atomic mass is 32.1. The Hall–Kier alpha value is -2.80. The van der Waals surface area contributed by atoms with Crippen molar-refractivity contribution in [2.75, 3.05) is 26.6 Å². The Morgan fingerprint density at radius 3 is 2.29 bits per heavy atom. The molecule has 2 aromatic rings. The SMILES string of the molecule is COc1cc(C=NNC(=S)Nc2ccccc2OC)cc(OC)c1. The van der Waals surface area contributed by atoms with Gasteiger partial charge >= 0.3 is 0 Å². The number of nitrogens with one attached hydrogen (secondary N) is 2. The molecule has 0 saturated carbocycles. The van der Waals surface area contributed by atoms with Crippen LogP contribution in [0.2, 0.25) is 0 Å². The molecule has 0 aliphatic carbocycles. The van der Waals surface area contributed by atoms with Crippen molar-refractivity contribution in [2.45, 2.75) is 0 Å². The fourth-order valence-electron chi connectivity index (χ4n) is 1.97. The molecule has 0 bridgehead atoms. The number of para-hydroxylation sites is 2. The molecule has 126 valence electrons. The van der Waals surface area contributed by atoms with Crippen molar-refractivity contribution in [3.8, 4) is 17.2 Å². The second kappa shape index (κ2) is 8.73. The summed E-state index contributed by atoms with van der Waals surface area (Å²) in [6.45, 7) is 0. The molecular formula is C17H19N3O3S. The van der Waals surface area contributed by atoms with Crippen LogP contribution >= 0.6 is 12.2 Å². The fraction of sp³-hybridized carbons (Fsp3) is 0.176. The molecule has 0 unspecified atom stereocenters. The molecule has 0 aliphatic heterocycles. The minimum absolute atomic E-state index is 0.352. The number of hydrogen-bond donors (Lipinski definition) is 2. The fourth-order valence-corrected chi connectivity index (χ4v) is 2.13. The Morgan fingerprint density at radius 2 is 1.67 bits per heavy atom. The molecular weight excluding hydrogens is 326 g/mol. The third-order valence-electron chi connectivity index (χ3n) is 3.11. The van der Waals surface area contributed by atoms with Gasteiger partial charge in [0.05, 0.1) is 33.2 Å². The van der Waals surface area contributed by atoms with Gasteiger partial charge in [0.2, 0.25) is 0 Å². The number of anilines is 1. The Balaban J connectivity index is 1.99. The van der Waals surface area contributed by atoms with Crippen LogP contribution in [-0.2, 0) is 0 Å². The predicted molar refractivity (Wildman–Crippen MR) is 99.5 cm³/mol. The van der Waals surface area contributed by atoms with Crippen LogP contribution in [-0.4, -0.2) is 32.7 Å². The topological polar surface area (TPSA) is 64.1 Å². The number of benzene rings is 2. The number of methoxy groups -OCH3 is 3. The summed E-state index contributed by atoms with van der Waals surface area (Å²) in [7, 11) is 4.80. The van der Waals surface area contributed by atoms with Crippen LogP contribution in [0.4, 0.5) is 5.69 Å². The van der Waals surface area contributed by atoms with Crippen molar-refractivity contribution in [2.24, 2.45) is 5.10 Å². The summed E-state index contributed by atoms with van der Waals surface area (Å²) >= 11 is 5.22. The largest absolute Gasteiger partial charge is 0.497 e. The molecule has 0 fully saturated rings. The molecule has 2 N–H and O–H groups in total. The van der Waals surface area contributed by atoms with Gasteiger partial charge < -0.3 is 19.5 Å². The van der Waals surface area contributed by atoms with Crippen molar-refractivity contribution >= 4 is 29.2 Å². The van der Waals surface area contributed by atoms with E-state index in [1.807, 2.05) is 36.4 Å². The van der Waals surface area contributed by atoms with Crippen LogP contribution in [0, 0.1) is 0 Å². The van der Waals surface area contributed by atoms with Gasteiger partial charge in [0.25, 0.3) is 0 Å². The molecule has 7 heteroatoms. The van der Waals surface area contributed by atoms with E-state index in [1.54, 1.807) is 33.6 Å². The molecule has 0 aliphatic rings. The van der Waals surface area contributed by atoms with Gasteiger partial charge in [0.15, 0.2) is 5.11 Å². The highest BCUT2D eigenvalue weighted by molar-refractivity contribution is 7.80. The van der Waals surface area contributed by atoms with E-state index < -0.39 is 0 Å². The predicted octanol–water partition coefficient (Wildman–Crippen LogP) is 3.03. The molecule has 24 heavy (non-hydrogen) atoms. The first-order valence-corrected chi connectivity index (χ1v) is 7.53. The van der Waals surface area contributed by atoms with E-state index in [2.05, 4.69) is 15.8 Å². The average Bonchev–Trinajstić information content (AvgIpc) is 2.61. The first-order chi connectivity index (χ1) is 11.7.